The summed E-state index contributed by atoms with van der Waals surface area (Å²) < 4.78 is 10.9. The number of thiazole rings is 1. The molecule has 0 bridgehead atoms. The molecule has 6 nitrogen and oxygen atoms in total. The second-order valence-electron chi connectivity index (χ2n) is 5.93. The van der Waals surface area contributed by atoms with Gasteiger partial charge in [0.25, 0.3) is 5.19 Å². The van der Waals surface area contributed by atoms with E-state index in [1.165, 1.54) is 11.3 Å². The first-order valence-corrected chi connectivity index (χ1v) is 9.93. The van der Waals surface area contributed by atoms with Crippen LogP contribution in [0.25, 0.3) is 0 Å². The van der Waals surface area contributed by atoms with Crippen LogP contribution in [0.5, 0.6) is 16.7 Å². The molecule has 7 heteroatoms. The Labute approximate surface area is 174 Å². The fraction of sp³-hybridized carbons (Fsp3) is 0.182. The Balaban J connectivity index is 1.52. The number of hydrogen-bond donors (Lipinski definition) is 3. The Morgan fingerprint density at radius 2 is 2.07 bits per heavy atom. The molecule has 0 saturated carbocycles. The number of rotatable bonds is 7. The molecule has 0 unspecified atom stereocenters. The zero-order valence-electron chi connectivity index (χ0n) is 16.3. The van der Waals surface area contributed by atoms with Crippen molar-refractivity contribution in [2.24, 2.45) is 0 Å². The maximum atomic E-state index is 7.98. The normalized spacial score (nSPS) is 14.1. The largest absolute Gasteiger partial charge is 0.497 e. The number of ether oxygens (including phenoxy) is 2. The number of aromatic nitrogens is 1. The molecular weight excluding hydrogens is 384 g/mol. The molecule has 0 fully saturated rings. The van der Waals surface area contributed by atoms with Crippen LogP contribution in [0.15, 0.2) is 65.3 Å². The van der Waals surface area contributed by atoms with Crippen molar-refractivity contribution in [3.63, 3.8) is 0 Å². The fourth-order valence-corrected chi connectivity index (χ4v) is 3.17. The Kier molecular flexibility index (Phi) is 7.09. The van der Waals surface area contributed by atoms with Crippen LogP contribution in [0.4, 0.5) is 0 Å². The molecule has 2 aromatic rings. The molecule has 0 atom stereocenters. The average Bonchev–Trinajstić information content (AvgIpc) is 3.19. The lowest BCUT2D eigenvalue weighted by molar-refractivity contribution is 0.409. The maximum Gasteiger partial charge on any atom is 0.279 e. The SMILES string of the molecule is CN/C(NCCC#Cc1csc(Oc2cccc(OC)c2)n1)=C1/C=CC=CC1=N. The highest BCUT2D eigenvalue weighted by atomic mass is 32.1. The number of benzene rings is 1. The highest BCUT2D eigenvalue weighted by Crippen LogP contribution is 2.27. The molecule has 3 rings (SSSR count). The summed E-state index contributed by atoms with van der Waals surface area (Å²) in [5.41, 5.74) is 1.99. The van der Waals surface area contributed by atoms with E-state index in [0.717, 1.165) is 17.1 Å². The molecule has 1 heterocycles. The molecule has 148 valence electrons. The standard InChI is InChI=1S/C22H22N4O2S/c1-24-21(19-11-3-4-12-20(19)23)25-13-6-5-8-16-15-29-22(26-16)28-18-10-7-9-17(14-18)27-2/h3-4,7,9-12,14-15,23-25H,6,13H2,1-2H3/b21-19+,23-20?. The zero-order chi connectivity index (χ0) is 20.5. The number of hydrogen-bond acceptors (Lipinski definition) is 7. The Morgan fingerprint density at radius 3 is 2.86 bits per heavy atom. The van der Waals surface area contributed by atoms with Crippen LogP contribution in [0, 0.1) is 17.3 Å². The summed E-state index contributed by atoms with van der Waals surface area (Å²) in [5.74, 6) is 8.39. The predicted molar refractivity (Wildman–Crippen MR) is 117 cm³/mol. The van der Waals surface area contributed by atoms with Crippen LogP contribution >= 0.6 is 11.3 Å². The van der Waals surface area contributed by atoms with Crippen molar-refractivity contribution in [3.8, 4) is 28.5 Å². The van der Waals surface area contributed by atoms with Crippen molar-refractivity contribution in [3.05, 3.63) is 71.0 Å². The summed E-state index contributed by atoms with van der Waals surface area (Å²) in [6.45, 7) is 0.662. The van der Waals surface area contributed by atoms with Crippen LogP contribution in [0.2, 0.25) is 0 Å². The Bertz CT molecular complexity index is 1020. The van der Waals surface area contributed by atoms with Crippen LogP contribution in [0.1, 0.15) is 12.1 Å². The van der Waals surface area contributed by atoms with Gasteiger partial charge in [0.1, 0.15) is 23.0 Å². The second kappa shape index (κ2) is 10.2. The lowest BCUT2D eigenvalue weighted by atomic mass is 10.1. The summed E-state index contributed by atoms with van der Waals surface area (Å²) in [5, 5.41) is 16.8. The summed E-state index contributed by atoms with van der Waals surface area (Å²) >= 11 is 1.40. The van der Waals surface area contributed by atoms with Gasteiger partial charge in [-0.05, 0) is 30.2 Å². The van der Waals surface area contributed by atoms with Crippen LogP contribution in [-0.4, -0.2) is 31.4 Å². The van der Waals surface area contributed by atoms with Gasteiger partial charge in [0, 0.05) is 37.0 Å². The van der Waals surface area contributed by atoms with E-state index in [2.05, 4.69) is 27.5 Å². The Morgan fingerprint density at radius 1 is 1.24 bits per heavy atom. The van der Waals surface area contributed by atoms with Gasteiger partial charge in [0.05, 0.1) is 12.8 Å². The van der Waals surface area contributed by atoms with E-state index in [1.807, 2.05) is 54.9 Å². The molecule has 0 radical (unpaired) electrons. The van der Waals surface area contributed by atoms with E-state index in [-0.39, 0.29) is 0 Å². The summed E-state index contributed by atoms with van der Waals surface area (Å²) in [6, 6.07) is 7.39. The van der Waals surface area contributed by atoms with E-state index < -0.39 is 0 Å². The highest BCUT2D eigenvalue weighted by Gasteiger charge is 2.08. The lowest BCUT2D eigenvalue weighted by Crippen LogP contribution is -2.27. The van der Waals surface area contributed by atoms with E-state index in [4.69, 9.17) is 14.9 Å². The number of allylic oxidation sites excluding steroid dienone is 5. The van der Waals surface area contributed by atoms with E-state index in [0.29, 0.717) is 35.3 Å². The molecule has 1 aliphatic carbocycles. The number of methoxy groups -OCH3 is 1. The van der Waals surface area contributed by atoms with Gasteiger partial charge in [-0.15, -0.1) is 0 Å². The van der Waals surface area contributed by atoms with Gasteiger partial charge in [-0.1, -0.05) is 35.5 Å². The summed E-state index contributed by atoms with van der Waals surface area (Å²) in [7, 11) is 3.45. The van der Waals surface area contributed by atoms with Crippen molar-refractivity contribution in [2.45, 2.75) is 6.42 Å². The van der Waals surface area contributed by atoms with E-state index >= 15 is 0 Å². The third-order valence-corrected chi connectivity index (χ3v) is 4.66. The third kappa shape index (κ3) is 5.74. The molecule has 0 saturated heterocycles. The van der Waals surface area contributed by atoms with Crippen LogP contribution in [0.3, 0.4) is 0 Å². The molecule has 1 aliphatic rings. The topological polar surface area (TPSA) is 79.3 Å². The van der Waals surface area contributed by atoms with Crippen LogP contribution < -0.4 is 20.1 Å². The smallest absolute Gasteiger partial charge is 0.279 e. The summed E-state index contributed by atoms with van der Waals surface area (Å²) in [4.78, 5) is 4.39. The molecular formula is C22H22N4O2S. The van der Waals surface area contributed by atoms with Crippen molar-refractivity contribution in [2.75, 3.05) is 20.7 Å². The zero-order valence-corrected chi connectivity index (χ0v) is 17.1. The molecule has 0 aliphatic heterocycles. The molecule has 1 aromatic carbocycles. The highest BCUT2D eigenvalue weighted by molar-refractivity contribution is 7.11. The van der Waals surface area contributed by atoms with Gasteiger partial charge in [-0.2, -0.15) is 4.98 Å². The van der Waals surface area contributed by atoms with Gasteiger partial charge < -0.3 is 25.5 Å². The minimum atomic E-state index is 0.474. The van der Waals surface area contributed by atoms with Crippen LogP contribution in [-0.2, 0) is 0 Å². The number of nitrogens with one attached hydrogen (secondary N) is 3. The molecule has 0 amide bonds. The minimum absolute atomic E-state index is 0.474. The van der Waals surface area contributed by atoms with Gasteiger partial charge in [0.15, 0.2) is 0 Å². The van der Waals surface area contributed by atoms with Crippen molar-refractivity contribution in [1.82, 2.24) is 15.6 Å². The first kappa shape index (κ1) is 20.2. The Hall–Kier alpha value is -3.50. The average molecular weight is 407 g/mol. The van der Waals surface area contributed by atoms with Crippen molar-refractivity contribution < 1.29 is 9.47 Å². The fourth-order valence-electron chi connectivity index (χ4n) is 2.55. The first-order chi connectivity index (χ1) is 14.2. The monoisotopic (exact) mass is 406 g/mol. The minimum Gasteiger partial charge on any atom is -0.497 e. The molecule has 0 spiro atoms. The van der Waals surface area contributed by atoms with E-state index in [9.17, 15) is 0 Å². The maximum absolute atomic E-state index is 7.98. The van der Waals surface area contributed by atoms with Crippen molar-refractivity contribution in [1.29, 1.82) is 5.41 Å². The van der Waals surface area contributed by atoms with E-state index in [1.54, 1.807) is 13.2 Å². The van der Waals surface area contributed by atoms with Gasteiger partial charge in [-0.3, -0.25) is 0 Å². The van der Waals surface area contributed by atoms with Gasteiger partial charge in [0.2, 0.25) is 0 Å². The predicted octanol–water partition coefficient (Wildman–Crippen LogP) is 3.85. The van der Waals surface area contributed by atoms with Crippen molar-refractivity contribution >= 4 is 17.0 Å². The molecule has 29 heavy (non-hydrogen) atoms. The summed E-state index contributed by atoms with van der Waals surface area (Å²) in [6.07, 6.45) is 8.09. The lowest BCUT2D eigenvalue weighted by Gasteiger charge is -2.14. The third-order valence-electron chi connectivity index (χ3n) is 3.94. The molecule has 3 N–H and O–H groups in total. The molecule has 1 aromatic heterocycles. The van der Waals surface area contributed by atoms with Gasteiger partial charge >= 0.3 is 0 Å². The number of nitrogens with zero attached hydrogens (tertiary/aromatic N) is 1. The quantitative estimate of drug-likeness (QED) is 0.481. The second-order valence-corrected chi connectivity index (χ2v) is 6.75. The van der Waals surface area contributed by atoms with Gasteiger partial charge in [-0.25, -0.2) is 0 Å². The first-order valence-electron chi connectivity index (χ1n) is 9.05.